The van der Waals surface area contributed by atoms with Crippen molar-refractivity contribution < 1.29 is 23.7 Å². The van der Waals surface area contributed by atoms with Crippen LogP contribution in [0, 0.1) is 0 Å². The molecule has 206 valence electrons. The molecule has 37 heavy (non-hydrogen) atoms. The Morgan fingerprint density at radius 3 is 2.16 bits per heavy atom. The zero-order valence-electron chi connectivity index (χ0n) is 21.2. The fourth-order valence-corrected chi connectivity index (χ4v) is 4.76. The molecule has 2 aliphatic heterocycles. The van der Waals surface area contributed by atoms with Gasteiger partial charge in [-0.2, -0.15) is 0 Å². The summed E-state index contributed by atoms with van der Waals surface area (Å²) in [5.41, 5.74) is 1.80. The van der Waals surface area contributed by atoms with Gasteiger partial charge in [0.25, 0.3) is 0 Å². The molecule has 2 aliphatic rings. The summed E-state index contributed by atoms with van der Waals surface area (Å²) in [6.45, 7) is 5.77. The number of hydrogen-bond donors (Lipinski definition) is 2. The van der Waals surface area contributed by atoms with Crippen molar-refractivity contribution in [2.75, 3.05) is 66.0 Å². The van der Waals surface area contributed by atoms with Crippen LogP contribution < -0.4 is 24.8 Å². The number of nitrogens with zero attached hydrogens (tertiary/aromatic N) is 2. The lowest BCUT2D eigenvalue weighted by Gasteiger charge is -2.39. The Hall–Kier alpha value is -2.14. The van der Waals surface area contributed by atoms with Crippen LogP contribution in [0.3, 0.4) is 0 Å². The van der Waals surface area contributed by atoms with Gasteiger partial charge >= 0.3 is 6.03 Å². The van der Waals surface area contributed by atoms with Crippen LogP contribution in [-0.2, 0) is 11.3 Å². The first-order valence-electron chi connectivity index (χ1n) is 11.7. The highest BCUT2D eigenvalue weighted by atomic mass is 35.5. The van der Waals surface area contributed by atoms with Crippen LogP contribution in [0.4, 0.5) is 10.5 Å². The standard InChI is InChI=1S/C25H33ClN4O5.2ClH/c1-32-22-12-19(13-23(33-2)24(22)34-3)27-25(31)28-20-15-35-16-21(20)30-10-8-29(9-11-30)14-17-4-6-18(26)7-5-17;;/h4-7,12-13,20-21H,8-11,14-16H2,1-3H3,(H2,27,28,31);2*1H/t20-,21-;;/m0../s1. The molecule has 0 saturated carbocycles. The van der Waals surface area contributed by atoms with E-state index in [4.69, 9.17) is 30.5 Å². The van der Waals surface area contributed by atoms with Gasteiger partial charge in [0.15, 0.2) is 11.5 Å². The molecule has 2 aromatic rings. The molecule has 2 fully saturated rings. The van der Waals surface area contributed by atoms with E-state index < -0.39 is 0 Å². The fraction of sp³-hybridized carbons (Fsp3) is 0.480. The van der Waals surface area contributed by atoms with E-state index in [2.05, 4.69) is 32.6 Å². The van der Waals surface area contributed by atoms with Gasteiger partial charge in [0, 0.05) is 49.9 Å². The Kier molecular flexibility index (Phi) is 12.4. The number of anilines is 1. The number of amides is 2. The van der Waals surface area contributed by atoms with Crippen molar-refractivity contribution in [1.82, 2.24) is 15.1 Å². The van der Waals surface area contributed by atoms with Gasteiger partial charge in [0.1, 0.15) is 0 Å². The van der Waals surface area contributed by atoms with E-state index in [1.54, 1.807) is 12.1 Å². The van der Waals surface area contributed by atoms with Gasteiger partial charge in [-0.15, -0.1) is 24.8 Å². The second-order valence-corrected chi connectivity index (χ2v) is 9.10. The summed E-state index contributed by atoms with van der Waals surface area (Å²) in [6, 6.07) is 11.1. The van der Waals surface area contributed by atoms with Crippen LogP contribution in [0.5, 0.6) is 17.2 Å². The predicted octanol–water partition coefficient (Wildman–Crippen LogP) is 3.92. The first-order valence-corrected chi connectivity index (χ1v) is 12.0. The summed E-state index contributed by atoms with van der Waals surface area (Å²) in [6.07, 6.45) is 0. The average Bonchev–Trinajstić information content (AvgIpc) is 3.33. The lowest BCUT2D eigenvalue weighted by Crippen LogP contribution is -2.57. The molecule has 9 nitrogen and oxygen atoms in total. The number of hydrogen-bond acceptors (Lipinski definition) is 7. The number of halogens is 3. The highest BCUT2D eigenvalue weighted by Crippen LogP contribution is 2.39. The molecule has 0 radical (unpaired) electrons. The second kappa shape index (κ2) is 14.7. The molecule has 2 N–H and O–H groups in total. The van der Waals surface area contributed by atoms with Gasteiger partial charge < -0.3 is 29.6 Å². The summed E-state index contributed by atoms with van der Waals surface area (Å²) < 4.78 is 21.8. The van der Waals surface area contributed by atoms with Crippen LogP contribution in [0.1, 0.15) is 5.56 Å². The van der Waals surface area contributed by atoms with Crippen molar-refractivity contribution in [3.8, 4) is 17.2 Å². The molecule has 0 bridgehead atoms. The summed E-state index contributed by atoms with van der Waals surface area (Å²) in [5, 5.41) is 6.71. The van der Waals surface area contributed by atoms with E-state index in [-0.39, 0.29) is 42.9 Å². The second-order valence-electron chi connectivity index (χ2n) is 8.66. The number of carbonyl (C=O) groups excluding carboxylic acids is 1. The van der Waals surface area contributed by atoms with Crippen LogP contribution in [-0.4, -0.2) is 88.6 Å². The Morgan fingerprint density at radius 1 is 0.973 bits per heavy atom. The Morgan fingerprint density at radius 2 is 1.59 bits per heavy atom. The van der Waals surface area contributed by atoms with Crippen molar-refractivity contribution in [1.29, 1.82) is 0 Å². The summed E-state index contributed by atoms with van der Waals surface area (Å²) in [5.74, 6) is 1.42. The molecule has 0 aliphatic carbocycles. The third kappa shape index (κ3) is 7.92. The molecule has 2 amide bonds. The minimum absolute atomic E-state index is 0. The number of benzene rings is 2. The van der Waals surface area contributed by atoms with E-state index in [9.17, 15) is 4.79 Å². The molecule has 2 heterocycles. The van der Waals surface area contributed by atoms with E-state index in [1.807, 2.05) is 12.1 Å². The fourth-order valence-electron chi connectivity index (χ4n) is 4.63. The third-order valence-corrected chi connectivity index (χ3v) is 6.74. The first kappa shape index (κ1) is 31.1. The van der Waals surface area contributed by atoms with Crippen molar-refractivity contribution in [3.63, 3.8) is 0 Å². The smallest absolute Gasteiger partial charge is 0.319 e. The Balaban J connectivity index is 0.00000241. The minimum Gasteiger partial charge on any atom is -0.493 e. The summed E-state index contributed by atoms with van der Waals surface area (Å²) in [7, 11) is 4.62. The third-order valence-electron chi connectivity index (χ3n) is 6.48. The number of ether oxygens (including phenoxy) is 4. The lowest BCUT2D eigenvalue weighted by molar-refractivity contribution is 0.0774. The maximum absolute atomic E-state index is 12.8. The number of methoxy groups -OCH3 is 3. The summed E-state index contributed by atoms with van der Waals surface area (Å²) in [4.78, 5) is 17.7. The molecular weight excluding hydrogens is 543 g/mol. The Labute approximate surface area is 235 Å². The predicted molar refractivity (Wildman–Crippen MR) is 149 cm³/mol. The lowest BCUT2D eigenvalue weighted by atomic mass is 10.1. The van der Waals surface area contributed by atoms with E-state index in [0.29, 0.717) is 36.1 Å². The van der Waals surface area contributed by atoms with E-state index in [1.165, 1.54) is 26.9 Å². The van der Waals surface area contributed by atoms with Crippen LogP contribution in [0.15, 0.2) is 36.4 Å². The summed E-state index contributed by atoms with van der Waals surface area (Å²) >= 11 is 6.00. The van der Waals surface area contributed by atoms with Crippen molar-refractivity contribution in [2.24, 2.45) is 0 Å². The van der Waals surface area contributed by atoms with Crippen LogP contribution in [0.25, 0.3) is 0 Å². The van der Waals surface area contributed by atoms with Gasteiger partial charge in [0.2, 0.25) is 5.75 Å². The molecule has 0 unspecified atom stereocenters. The van der Waals surface area contributed by atoms with E-state index >= 15 is 0 Å². The average molecular weight is 578 g/mol. The normalized spacial score (nSPS) is 19.8. The Bertz CT molecular complexity index is 981. The zero-order valence-corrected chi connectivity index (χ0v) is 23.6. The molecule has 2 atom stereocenters. The van der Waals surface area contributed by atoms with Gasteiger partial charge in [-0.1, -0.05) is 23.7 Å². The first-order chi connectivity index (χ1) is 17.0. The largest absolute Gasteiger partial charge is 0.493 e. The molecular formula is C25H35Cl3N4O5. The molecule has 0 spiro atoms. The zero-order chi connectivity index (χ0) is 24.8. The highest BCUT2D eigenvalue weighted by molar-refractivity contribution is 6.30. The molecule has 12 heteroatoms. The highest BCUT2D eigenvalue weighted by Gasteiger charge is 2.35. The maximum atomic E-state index is 12.8. The molecule has 2 saturated heterocycles. The van der Waals surface area contributed by atoms with Crippen molar-refractivity contribution in [3.05, 3.63) is 47.0 Å². The number of nitrogens with one attached hydrogen (secondary N) is 2. The SMILES string of the molecule is COc1cc(NC(=O)N[C@H]2COC[C@@H]2N2CCN(Cc3ccc(Cl)cc3)CC2)cc(OC)c1OC.Cl.Cl. The van der Waals surface area contributed by atoms with Gasteiger partial charge in [-0.25, -0.2) is 4.79 Å². The maximum Gasteiger partial charge on any atom is 0.319 e. The topological polar surface area (TPSA) is 84.5 Å². The number of piperazine rings is 1. The van der Waals surface area contributed by atoms with Crippen LogP contribution in [0.2, 0.25) is 5.02 Å². The quantitative estimate of drug-likeness (QED) is 0.492. The molecule has 4 rings (SSSR count). The number of carbonyl (C=O) groups is 1. The number of rotatable bonds is 8. The number of urea groups is 1. The molecule has 0 aromatic heterocycles. The van der Waals surface area contributed by atoms with Gasteiger partial charge in [-0.3, -0.25) is 9.80 Å². The minimum atomic E-state index is -0.304. The van der Waals surface area contributed by atoms with Gasteiger partial charge in [-0.05, 0) is 17.7 Å². The van der Waals surface area contributed by atoms with E-state index in [0.717, 1.165) is 37.7 Å². The van der Waals surface area contributed by atoms with Crippen molar-refractivity contribution >= 4 is 48.1 Å². The monoisotopic (exact) mass is 576 g/mol. The molecule has 2 aromatic carbocycles. The van der Waals surface area contributed by atoms with Crippen molar-refractivity contribution in [2.45, 2.75) is 18.6 Å². The van der Waals surface area contributed by atoms with Crippen LogP contribution >= 0.6 is 36.4 Å². The van der Waals surface area contributed by atoms with Gasteiger partial charge in [0.05, 0.1) is 52.3 Å².